The molecule has 0 atom stereocenters. The van der Waals surface area contributed by atoms with Gasteiger partial charge in [-0.25, -0.2) is 0 Å². The van der Waals surface area contributed by atoms with Crippen molar-refractivity contribution in [3.8, 4) is 5.75 Å². The lowest BCUT2D eigenvalue weighted by Gasteiger charge is -2.27. The van der Waals surface area contributed by atoms with Crippen molar-refractivity contribution in [1.29, 1.82) is 0 Å². The van der Waals surface area contributed by atoms with E-state index in [-0.39, 0.29) is 24.6 Å². The van der Waals surface area contributed by atoms with E-state index in [1.54, 1.807) is 31.4 Å². The molecule has 0 aliphatic heterocycles. The van der Waals surface area contributed by atoms with E-state index < -0.39 is 0 Å². The Morgan fingerprint density at radius 3 is 2.50 bits per heavy atom. The number of aliphatic hydroxyl groups excluding tert-OH is 1. The van der Waals surface area contributed by atoms with Gasteiger partial charge in [0.25, 0.3) is 0 Å². The van der Waals surface area contributed by atoms with Gasteiger partial charge in [0.15, 0.2) is 0 Å². The Labute approximate surface area is 119 Å². The number of rotatable bonds is 6. The number of aliphatic hydroxyl groups is 1. The minimum atomic E-state index is -0.267. The molecule has 0 radical (unpaired) electrons. The van der Waals surface area contributed by atoms with Crippen molar-refractivity contribution < 1.29 is 14.6 Å². The topological polar surface area (TPSA) is 70.6 Å². The second-order valence-electron chi connectivity index (χ2n) is 5.28. The molecule has 1 saturated carbocycles. The maximum absolute atomic E-state index is 11.9. The van der Waals surface area contributed by atoms with Gasteiger partial charge in [0.05, 0.1) is 20.3 Å². The summed E-state index contributed by atoms with van der Waals surface area (Å²) >= 11 is 0. The number of hydrogen-bond acceptors (Lipinski definition) is 4. The number of carbonyl (C=O) groups is 1. The van der Waals surface area contributed by atoms with Crippen molar-refractivity contribution in [2.24, 2.45) is 0 Å². The van der Waals surface area contributed by atoms with Gasteiger partial charge >= 0.3 is 0 Å². The molecule has 110 valence electrons. The van der Waals surface area contributed by atoms with E-state index in [2.05, 4.69) is 10.6 Å². The maximum Gasteiger partial charge on any atom is 0.238 e. The quantitative estimate of drug-likeness (QED) is 0.738. The Bertz CT molecular complexity index is 439. The molecule has 1 fully saturated rings. The van der Waals surface area contributed by atoms with Gasteiger partial charge in [-0.3, -0.25) is 4.79 Å². The van der Waals surface area contributed by atoms with Gasteiger partial charge in [0, 0.05) is 11.2 Å². The molecule has 0 bridgehead atoms. The molecule has 1 aromatic rings. The monoisotopic (exact) mass is 278 g/mol. The number of methoxy groups -OCH3 is 1. The lowest BCUT2D eigenvalue weighted by Crippen LogP contribution is -2.49. The van der Waals surface area contributed by atoms with Crippen LogP contribution in [-0.2, 0) is 4.79 Å². The van der Waals surface area contributed by atoms with Gasteiger partial charge in [-0.2, -0.15) is 0 Å². The highest BCUT2D eigenvalue weighted by atomic mass is 16.5. The number of ether oxygens (including phenoxy) is 1. The summed E-state index contributed by atoms with van der Waals surface area (Å²) in [5, 5.41) is 15.5. The third-order valence-corrected chi connectivity index (χ3v) is 3.86. The third-order valence-electron chi connectivity index (χ3n) is 3.86. The van der Waals surface area contributed by atoms with Crippen LogP contribution in [0, 0.1) is 0 Å². The molecule has 5 nitrogen and oxygen atoms in total. The lowest BCUT2D eigenvalue weighted by atomic mass is 9.99. The molecule has 1 aromatic carbocycles. The predicted octanol–water partition coefficient (Wildman–Crippen LogP) is 1.53. The molecule has 0 unspecified atom stereocenters. The first kappa shape index (κ1) is 14.8. The van der Waals surface area contributed by atoms with Crippen LogP contribution in [0.15, 0.2) is 24.3 Å². The summed E-state index contributed by atoms with van der Waals surface area (Å²) in [7, 11) is 1.60. The van der Waals surface area contributed by atoms with Gasteiger partial charge in [-0.15, -0.1) is 0 Å². The molecule has 1 amide bonds. The fraction of sp³-hybridized carbons (Fsp3) is 0.533. The molecular weight excluding hydrogens is 256 g/mol. The van der Waals surface area contributed by atoms with Crippen LogP contribution in [0.25, 0.3) is 0 Å². The maximum atomic E-state index is 11.9. The van der Waals surface area contributed by atoms with Crippen LogP contribution in [0.1, 0.15) is 25.7 Å². The van der Waals surface area contributed by atoms with Crippen LogP contribution in [0.3, 0.4) is 0 Å². The number of anilines is 1. The lowest BCUT2D eigenvalue weighted by molar-refractivity contribution is -0.115. The number of hydrogen-bond donors (Lipinski definition) is 3. The second kappa shape index (κ2) is 6.72. The number of carbonyl (C=O) groups excluding carboxylic acids is 1. The Hall–Kier alpha value is -1.59. The summed E-state index contributed by atoms with van der Waals surface area (Å²) < 4.78 is 5.06. The zero-order valence-electron chi connectivity index (χ0n) is 11.8. The van der Waals surface area contributed by atoms with Gasteiger partial charge in [-0.05, 0) is 37.1 Å². The molecule has 0 saturated heterocycles. The second-order valence-corrected chi connectivity index (χ2v) is 5.28. The van der Waals surface area contributed by atoms with Crippen molar-refractivity contribution in [1.82, 2.24) is 5.32 Å². The summed E-state index contributed by atoms with van der Waals surface area (Å²) in [5.74, 6) is 0.654. The SMILES string of the molecule is COc1ccc(NC(=O)CNC2(CO)CCCC2)cc1. The van der Waals surface area contributed by atoms with Gasteiger partial charge in [0.1, 0.15) is 5.75 Å². The Morgan fingerprint density at radius 2 is 1.95 bits per heavy atom. The first-order valence-electron chi connectivity index (χ1n) is 6.97. The molecular formula is C15H22N2O3. The van der Waals surface area contributed by atoms with Gasteiger partial charge in [0.2, 0.25) is 5.91 Å². The van der Waals surface area contributed by atoms with Crippen molar-refractivity contribution in [3.05, 3.63) is 24.3 Å². The van der Waals surface area contributed by atoms with Crippen LogP contribution < -0.4 is 15.4 Å². The van der Waals surface area contributed by atoms with E-state index in [0.29, 0.717) is 0 Å². The highest BCUT2D eigenvalue weighted by Gasteiger charge is 2.32. The van der Waals surface area contributed by atoms with Crippen LogP contribution in [0.4, 0.5) is 5.69 Å². The largest absolute Gasteiger partial charge is 0.497 e. The van der Waals surface area contributed by atoms with E-state index in [1.807, 2.05) is 0 Å². The summed E-state index contributed by atoms with van der Waals surface area (Å²) in [6, 6.07) is 7.20. The van der Waals surface area contributed by atoms with Crippen LogP contribution in [0.2, 0.25) is 0 Å². The van der Waals surface area contributed by atoms with Crippen LogP contribution in [0.5, 0.6) is 5.75 Å². The van der Waals surface area contributed by atoms with Gasteiger partial charge < -0.3 is 20.5 Å². The highest BCUT2D eigenvalue weighted by molar-refractivity contribution is 5.92. The highest BCUT2D eigenvalue weighted by Crippen LogP contribution is 2.28. The average molecular weight is 278 g/mol. The van der Waals surface area contributed by atoms with Crippen LogP contribution >= 0.6 is 0 Å². The first-order chi connectivity index (χ1) is 9.67. The Balaban J connectivity index is 1.82. The van der Waals surface area contributed by atoms with E-state index in [9.17, 15) is 9.90 Å². The first-order valence-corrected chi connectivity index (χ1v) is 6.97. The molecule has 1 aliphatic rings. The van der Waals surface area contributed by atoms with E-state index in [4.69, 9.17) is 4.74 Å². The normalized spacial score (nSPS) is 16.9. The minimum Gasteiger partial charge on any atom is -0.497 e. The summed E-state index contributed by atoms with van der Waals surface area (Å²) in [6.07, 6.45) is 4.07. The van der Waals surface area contributed by atoms with E-state index >= 15 is 0 Å². The standard InChI is InChI=1S/C15H22N2O3/c1-20-13-6-4-12(5-7-13)17-14(19)10-16-15(11-18)8-2-3-9-15/h4-7,16,18H,2-3,8-11H2,1H3,(H,17,19). The van der Waals surface area contributed by atoms with Crippen molar-refractivity contribution >= 4 is 11.6 Å². The van der Waals surface area contributed by atoms with Crippen molar-refractivity contribution in [2.45, 2.75) is 31.2 Å². The third kappa shape index (κ3) is 3.71. The fourth-order valence-corrected chi connectivity index (χ4v) is 2.59. The smallest absolute Gasteiger partial charge is 0.238 e. The predicted molar refractivity (Wildman–Crippen MR) is 77.9 cm³/mol. The van der Waals surface area contributed by atoms with Gasteiger partial charge in [-0.1, -0.05) is 12.8 Å². The fourth-order valence-electron chi connectivity index (χ4n) is 2.59. The number of benzene rings is 1. The number of amides is 1. The molecule has 0 spiro atoms. The Kier molecular flexibility index (Phi) is 4.98. The molecule has 3 N–H and O–H groups in total. The molecule has 1 aliphatic carbocycles. The molecule has 2 rings (SSSR count). The molecule has 0 aromatic heterocycles. The molecule has 5 heteroatoms. The van der Waals surface area contributed by atoms with Crippen LogP contribution in [-0.4, -0.2) is 36.8 Å². The molecule has 0 heterocycles. The Morgan fingerprint density at radius 1 is 1.30 bits per heavy atom. The summed E-state index contributed by atoms with van der Waals surface area (Å²) in [4.78, 5) is 11.9. The van der Waals surface area contributed by atoms with Crippen molar-refractivity contribution in [3.63, 3.8) is 0 Å². The van der Waals surface area contributed by atoms with E-state index in [1.165, 1.54) is 0 Å². The molecule has 20 heavy (non-hydrogen) atoms. The minimum absolute atomic E-state index is 0.0861. The van der Waals surface area contributed by atoms with Crippen molar-refractivity contribution in [2.75, 3.05) is 25.6 Å². The zero-order valence-corrected chi connectivity index (χ0v) is 11.8. The van der Waals surface area contributed by atoms with E-state index in [0.717, 1.165) is 37.1 Å². The summed E-state index contributed by atoms with van der Waals surface area (Å²) in [6.45, 7) is 0.301. The summed E-state index contributed by atoms with van der Waals surface area (Å²) in [5.41, 5.74) is 0.471. The zero-order chi connectivity index (χ0) is 14.4. The number of nitrogens with one attached hydrogen (secondary N) is 2. The average Bonchev–Trinajstić information content (AvgIpc) is 2.95.